The molecule has 0 saturated carbocycles. The summed E-state index contributed by atoms with van der Waals surface area (Å²) in [5.74, 6) is 0.523. The molecule has 0 bridgehead atoms. The third kappa shape index (κ3) is 4.14. The number of rotatable bonds is 7. The molecule has 0 aliphatic carbocycles. The van der Waals surface area contributed by atoms with Gasteiger partial charge in [-0.1, -0.05) is 18.2 Å². The van der Waals surface area contributed by atoms with Crippen molar-refractivity contribution < 1.29 is 14.4 Å². The second kappa shape index (κ2) is 7.01. The lowest BCUT2D eigenvalue weighted by molar-refractivity contribution is -0.385. The molecule has 6 nitrogen and oxygen atoms in total. The number of aliphatic hydroxyl groups is 1. The van der Waals surface area contributed by atoms with E-state index in [1.165, 1.54) is 12.3 Å². The first kappa shape index (κ1) is 15.2. The molecule has 2 unspecified atom stereocenters. The Balaban J connectivity index is 1.89. The second-order valence-electron chi connectivity index (χ2n) is 4.93. The lowest BCUT2D eigenvalue weighted by Crippen LogP contribution is -2.27. The van der Waals surface area contributed by atoms with Gasteiger partial charge >= 0.3 is 0 Å². The summed E-state index contributed by atoms with van der Waals surface area (Å²) < 4.78 is 5.14. The summed E-state index contributed by atoms with van der Waals surface area (Å²) in [7, 11) is 0. The van der Waals surface area contributed by atoms with Gasteiger partial charge in [0.1, 0.15) is 11.9 Å². The van der Waals surface area contributed by atoms with Gasteiger partial charge in [0, 0.05) is 24.2 Å². The Labute approximate surface area is 122 Å². The highest BCUT2D eigenvalue weighted by atomic mass is 16.6. The fourth-order valence-corrected chi connectivity index (χ4v) is 2.14. The topological polar surface area (TPSA) is 88.5 Å². The molecule has 2 N–H and O–H groups in total. The van der Waals surface area contributed by atoms with Gasteiger partial charge in [0.15, 0.2) is 0 Å². The lowest BCUT2D eigenvalue weighted by Gasteiger charge is -2.16. The van der Waals surface area contributed by atoms with Crippen molar-refractivity contribution in [3.05, 3.63) is 64.1 Å². The van der Waals surface area contributed by atoms with Crippen LogP contribution in [0.2, 0.25) is 0 Å². The van der Waals surface area contributed by atoms with E-state index in [0.29, 0.717) is 24.3 Å². The fraction of sp³-hybridized carbons (Fsp3) is 0.333. The van der Waals surface area contributed by atoms with Gasteiger partial charge in [0.2, 0.25) is 0 Å². The molecular formula is C15H18N2O4. The number of aliphatic hydroxyl groups excluding tert-OH is 1. The van der Waals surface area contributed by atoms with E-state index < -0.39 is 6.10 Å². The Morgan fingerprint density at radius 1 is 1.33 bits per heavy atom. The SMILES string of the molecule is CC(CC(O)c1ccco1)NCc1ccccc1[N+](=O)[O-]. The molecular weight excluding hydrogens is 272 g/mol. The number of nitrogens with zero attached hydrogens (tertiary/aromatic N) is 1. The molecule has 0 radical (unpaired) electrons. The summed E-state index contributed by atoms with van der Waals surface area (Å²) in [5.41, 5.74) is 0.727. The summed E-state index contributed by atoms with van der Waals surface area (Å²) in [4.78, 5) is 10.5. The molecule has 1 aromatic carbocycles. The number of nitro groups is 1. The average Bonchev–Trinajstić information content (AvgIpc) is 2.99. The van der Waals surface area contributed by atoms with Gasteiger partial charge in [-0.2, -0.15) is 0 Å². The summed E-state index contributed by atoms with van der Waals surface area (Å²) >= 11 is 0. The zero-order valence-corrected chi connectivity index (χ0v) is 11.7. The number of nitro benzene ring substituents is 1. The molecule has 6 heteroatoms. The molecule has 0 amide bonds. The predicted molar refractivity (Wildman–Crippen MR) is 77.7 cm³/mol. The number of furan rings is 1. The molecule has 2 atom stereocenters. The van der Waals surface area contributed by atoms with Crippen molar-refractivity contribution >= 4 is 5.69 Å². The third-order valence-corrected chi connectivity index (χ3v) is 3.28. The highest BCUT2D eigenvalue weighted by Crippen LogP contribution is 2.20. The minimum absolute atomic E-state index is 0.00934. The van der Waals surface area contributed by atoms with Crippen molar-refractivity contribution in [3.8, 4) is 0 Å². The molecule has 112 valence electrons. The van der Waals surface area contributed by atoms with Crippen LogP contribution >= 0.6 is 0 Å². The molecule has 0 aliphatic rings. The summed E-state index contributed by atoms with van der Waals surface area (Å²) in [6.07, 6.45) is 1.30. The van der Waals surface area contributed by atoms with E-state index in [9.17, 15) is 15.2 Å². The quantitative estimate of drug-likeness (QED) is 0.604. The first-order valence-corrected chi connectivity index (χ1v) is 6.75. The van der Waals surface area contributed by atoms with Crippen molar-refractivity contribution in [3.63, 3.8) is 0 Å². The van der Waals surface area contributed by atoms with Crippen LogP contribution in [-0.2, 0) is 6.54 Å². The molecule has 21 heavy (non-hydrogen) atoms. The molecule has 0 fully saturated rings. The standard InChI is InChI=1S/C15H18N2O4/c1-11(9-14(18)15-7-4-8-21-15)16-10-12-5-2-3-6-13(12)17(19)20/h2-8,11,14,16,18H,9-10H2,1H3. The molecule has 2 rings (SSSR count). The fourth-order valence-electron chi connectivity index (χ4n) is 2.14. The average molecular weight is 290 g/mol. The zero-order chi connectivity index (χ0) is 15.2. The molecule has 0 saturated heterocycles. The van der Waals surface area contributed by atoms with Crippen LogP contribution in [0.1, 0.15) is 30.8 Å². The minimum atomic E-state index is -0.687. The van der Waals surface area contributed by atoms with Crippen LogP contribution in [0.5, 0.6) is 0 Å². The molecule has 2 aromatic rings. The maximum absolute atomic E-state index is 10.9. The van der Waals surface area contributed by atoms with Gasteiger partial charge in [-0.05, 0) is 25.5 Å². The Bertz CT molecular complexity index is 583. The van der Waals surface area contributed by atoms with E-state index in [0.717, 1.165) is 0 Å². The van der Waals surface area contributed by atoms with E-state index in [4.69, 9.17) is 4.42 Å². The maximum Gasteiger partial charge on any atom is 0.273 e. The van der Waals surface area contributed by atoms with Crippen molar-refractivity contribution in [1.82, 2.24) is 5.32 Å². The minimum Gasteiger partial charge on any atom is -0.467 e. The normalized spacial score (nSPS) is 13.8. The smallest absolute Gasteiger partial charge is 0.273 e. The largest absolute Gasteiger partial charge is 0.467 e. The van der Waals surface area contributed by atoms with Gasteiger partial charge in [0.25, 0.3) is 5.69 Å². The molecule has 0 aliphatic heterocycles. The van der Waals surface area contributed by atoms with Gasteiger partial charge in [-0.15, -0.1) is 0 Å². The van der Waals surface area contributed by atoms with Crippen molar-refractivity contribution in [2.45, 2.75) is 32.0 Å². The highest BCUT2D eigenvalue weighted by molar-refractivity contribution is 5.39. The molecule has 1 aromatic heterocycles. The van der Waals surface area contributed by atoms with Crippen LogP contribution in [0, 0.1) is 10.1 Å². The molecule has 1 heterocycles. The van der Waals surface area contributed by atoms with E-state index in [2.05, 4.69) is 5.32 Å². The first-order valence-electron chi connectivity index (χ1n) is 6.75. The molecule has 0 spiro atoms. The van der Waals surface area contributed by atoms with Crippen molar-refractivity contribution in [2.75, 3.05) is 0 Å². The van der Waals surface area contributed by atoms with Crippen molar-refractivity contribution in [2.24, 2.45) is 0 Å². The monoisotopic (exact) mass is 290 g/mol. The number of nitrogens with one attached hydrogen (secondary N) is 1. The number of para-hydroxylation sites is 1. The first-order chi connectivity index (χ1) is 10.1. The van der Waals surface area contributed by atoms with Gasteiger partial charge in [-0.3, -0.25) is 10.1 Å². The lowest BCUT2D eigenvalue weighted by atomic mass is 10.1. The summed E-state index contributed by atoms with van der Waals surface area (Å²) in [6.45, 7) is 2.30. The van der Waals surface area contributed by atoms with Crippen LogP contribution in [0.4, 0.5) is 5.69 Å². The van der Waals surface area contributed by atoms with Crippen LogP contribution < -0.4 is 5.32 Å². The zero-order valence-electron chi connectivity index (χ0n) is 11.7. The van der Waals surface area contributed by atoms with Gasteiger partial charge < -0.3 is 14.8 Å². The Morgan fingerprint density at radius 2 is 2.10 bits per heavy atom. The highest BCUT2D eigenvalue weighted by Gasteiger charge is 2.16. The maximum atomic E-state index is 10.9. The summed E-state index contributed by atoms with van der Waals surface area (Å²) in [5, 5.41) is 24.1. The van der Waals surface area contributed by atoms with Crippen LogP contribution in [0.3, 0.4) is 0 Å². The Morgan fingerprint density at radius 3 is 2.76 bits per heavy atom. The van der Waals surface area contributed by atoms with Gasteiger partial charge in [-0.25, -0.2) is 0 Å². The number of hydrogen-bond acceptors (Lipinski definition) is 5. The van der Waals surface area contributed by atoms with Crippen LogP contribution in [0.25, 0.3) is 0 Å². The second-order valence-corrected chi connectivity index (χ2v) is 4.93. The predicted octanol–water partition coefficient (Wildman–Crippen LogP) is 2.79. The van der Waals surface area contributed by atoms with E-state index in [1.807, 2.05) is 6.92 Å². The Kier molecular flexibility index (Phi) is 5.08. The van der Waals surface area contributed by atoms with E-state index in [1.54, 1.807) is 30.3 Å². The number of hydrogen-bond donors (Lipinski definition) is 2. The Hall–Kier alpha value is -2.18. The third-order valence-electron chi connectivity index (χ3n) is 3.28. The van der Waals surface area contributed by atoms with Crippen molar-refractivity contribution in [1.29, 1.82) is 0 Å². The van der Waals surface area contributed by atoms with E-state index >= 15 is 0 Å². The van der Waals surface area contributed by atoms with E-state index in [-0.39, 0.29) is 16.7 Å². The number of benzene rings is 1. The summed E-state index contributed by atoms with van der Waals surface area (Å²) in [6, 6.07) is 10.1. The van der Waals surface area contributed by atoms with Crippen LogP contribution in [-0.4, -0.2) is 16.1 Å². The van der Waals surface area contributed by atoms with Crippen LogP contribution in [0.15, 0.2) is 47.1 Å². The van der Waals surface area contributed by atoms with Gasteiger partial charge in [0.05, 0.1) is 11.2 Å².